The summed E-state index contributed by atoms with van der Waals surface area (Å²) in [6.07, 6.45) is 5.30. The fraction of sp³-hybridized carbons (Fsp3) is 0.407. The van der Waals surface area contributed by atoms with Gasteiger partial charge in [-0.25, -0.2) is 13.4 Å². The summed E-state index contributed by atoms with van der Waals surface area (Å²) in [5.74, 6) is -0.157. The summed E-state index contributed by atoms with van der Waals surface area (Å²) in [4.78, 5) is 19.6. The minimum atomic E-state index is -3.69. The lowest BCUT2D eigenvalue weighted by Crippen LogP contribution is -2.34. The number of sulfone groups is 1. The molecule has 2 heterocycles. The molecule has 1 amide bonds. The molecule has 3 aromatic rings. The molecule has 1 aromatic heterocycles. The van der Waals surface area contributed by atoms with Gasteiger partial charge in [0, 0.05) is 18.2 Å². The predicted octanol–water partition coefficient (Wildman–Crippen LogP) is 4.15. The highest BCUT2D eigenvalue weighted by Crippen LogP contribution is 2.31. The zero-order valence-electron chi connectivity index (χ0n) is 20.0. The number of ether oxygens (including phenoxy) is 1. The second-order valence-electron chi connectivity index (χ2n) is 9.55. The Hall–Kier alpha value is -2.97. The van der Waals surface area contributed by atoms with Gasteiger partial charge >= 0.3 is 0 Å². The molecule has 2 fully saturated rings. The Morgan fingerprint density at radius 3 is 2.49 bits per heavy atom. The molecule has 184 valence electrons. The first kappa shape index (κ1) is 23.8. The third-order valence-corrected chi connectivity index (χ3v) is 8.26. The van der Waals surface area contributed by atoms with Crippen LogP contribution in [0.25, 0.3) is 0 Å². The Morgan fingerprint density at radius 1 is 1.09 bits per heavy atom. The number of imidazole rings is 1. The van der Waals surface area contributed by atoms with Crippen molar-refractivity contribution in [1.29, 1.82) is 0 Å². The molecule has 5 rings (SSSR count). The standard InChI is InChI=1S/C27H31N3O4S/c1-20-9-11-22(12-10-20)26(31)29(23-13-14-23)17-24-16-28-27(30(24)18-25-8-5-15-34-25)35(32,33)19-21-6-3-2-4-7-21/h2-4,6-7,9-12,16,23,25H,5,8,13-15,17-19H2,1H3/t25-/m1/s1. The predicted molar refractivity (Wildman–Crippen MR) is 133 cm³/mol. The molecular weight excluding hydrogens is 462 g/mol. The maximum atomic E-state index is 13.4. The van der Waals surface area contributed by atoms with Gasteiger partial charge in [0.1, 0.15) is 0 Å². The Bertz CT molecular complexity index is 1280. The van der Waals surface area contributed by atoms with Gasteiger partial charge in [-0.05, 0) is 50.3 Å². The van der Waals surface area contributed by atoms with Crippen LogP contribution < -0.4 is 0 Å². The minimum Gasteiger partial charge on any atom is -0.376 e. The van der Waals surface area contributed by atoms with Crippen molar-refractivity contribution in [3.8, 4) is 0 Å². The lowest BCUT2D eigenvalue weighted by Gasteiger charge is -2.24. The monoisotopic (exact) mass is 493 g/mol. The quantitative estimate of drug-likeness (QED) is 0.447. The van der Waals surface area contributed by atoms with Crippen molar-refractivity contribution in [2.75, 3.05) is 6.61 Å². The van der Waals surface area contributed by atoms with Crippen molar-refractivity contribution < 1.29 is 17.9 Å². The summed E-state index contributed by atoms with van der Waals surface area (Å²) < 4.78 is 34.5. The van der Waals surface area contributed by atoms with Gasteiger partial charge in [-0.1, -0.05) is 48.0 Å². The number of carbonyl (C=O) groups is 1. The Balaban J connectivity index is 1.46. The molecule has 1 aliphatic carbocycles. The van der Waals surface area contributed by atoms with Crippen molar-refractivity contribution in [2.24, 2.45) is 0 Å². The fourth-order valence-electron chi connectivity index (χ4n) is 4.60. The zero-order chi connectivity index (χ0) is 24.4. The smallest absolute Gasteiger partial charge is 0.254 e. The van der Waals surface area contributed by atoms with Gasteiger partial charge in [0.15, 0.2) is 0 Å². The van der Waals surface area contributed by atoms with Crippen LogP contribution in [-0.2, 0) is 33.4 Å². The summed E-state index contributed by atoms with van der Waals surface area (Å²) in [7, 11) is -3.69. The van der Waals surface area contributed by atoms with Crippen molar-refractivity contribution in [3.63, 3.8) is 0 Å². The number of benzene rings is 2. The van der Waals surface area contributed by atoms with Gasteiger partial charge in [-0.15, -0.1) is 0 Å². The lowest BCUT2D eigenvalue weighted by molar-refractivity contribution is 0.0718. The third kappa shape index (κ3) is 5.49. The third-order valence-electron chi connectivity index (χ3n) is 6.67. The number of hydrogen-bond acceptors (Lipinski definition) is 5. The van der Waals surface area contributed by atoms with E-state index in [9.17, 15) is 13.2 Å². The average molecular weight is 494 g/mol. The second kappa shape index (κ2) is 9.95. The maximum Gasteiger partial charge on any atom is 0.254 e. The summed E-state index contributed by atoms with van der Waals surface area (Å²) in [6.45, 7) is 3.41. The summed E-state index contributed by atoms with van der Waals surface area (Å²) in [5.41, 5.74) is 3.18. The number of carbonyl (C=O) groups excluding carboxylic acids is 1. The highest BCUT2D eigenvalue weighted by Gasteiger charge is 2.35. The number of amides is 1. The first-order chi connectivity index (χ1) is 16.9. The highest BCUT2D eigenvalue weighted by molar-refractivity contribution is 7.90. The largest absolute Gasteiger partial charge is 0.376 e. The Kier molecular flexibility index (Phi) is 6.75. The van der Waals surface area contributed by atoms with E-state index < -0.39 is 9.84 Å². The van der Waals surface area contributed by atoms with E-state index in [1.807, 2.05) is 54.3 Å². The molecule has 0 unspecified atom stereocenters. The van der Waals surface area contributed by atoms with Gasteiger partial charge in [-0.3, -0.25) is 4.79 Å². The van der Waals surface area contributed by atoms with Crippen molar-refractivity contribution in [3.05, 3.63) is 83.2 Å². The Labute approximate surface area is 206 Å². The molecule has 0 spiro atoms. The molecule has 1 aliphatic heterocycles. The SMILES string of the molecule is Cc1ccc(C(=O)N(Cc2cnc(S(=O)(=O)Cc3ccccc3)n2C[C@H]2CCCO2)C2CC2)cc1. The summed E-state index contributed by atoms with van der Waals surface area (Å²) >= 11 is 0. The lowest BCUT2D eigenvalue weighted by atomic mass is 10.1. The maximum absolute atomic E-state index is 13.4. The van der Waals surface area contributed by atoms with Crippen LogP contribution in [0.1, 0.15) is 52.9 Å². The normalized spacial score (nSPS) is 18.0. The molecule has 7 nitrogen and oxygen atoms in total. The van der Waals surface area contributed by atoms with Crippen LogP contribution in [0.4, 0.5) is 0 Å². The topological polar surface area (TPSA) is 81.5 Å². The van der Waals surface area contributed by atoms with Gasteiger partial charge in [-0.2, -0.15) is 0 Å². The van der Waals surface area contributed by atoms with Gasteiger partial charge in [0.25, 0.3) is 5.91 Å². The molecule has 0 bridgehead atoms. The first-order valence-corrected chi connectivity index (χ1v) is 13.9. The van der Waals surface area contributed by atoms with Gasteiger partial charge in [0.05, 0.1) is 36.8 Å². The first-order valence-electron chi connectivity index (χ1n) is 12.2. The van der Waals surface area contributed by atoms with E-state index in [4.69, 9.17) is 4.74 Å². The van der Waals surface area contributed by atoms with E-state index in [-0.39, 0.29) is 29.0 Å². The van der Waals surface area contributed by atoms with Crippen molar-refractivity contribution in [1.82, 2.24) is 14.5 Å². The van der Waals surface area contributed by atoms with E-state index in [1.165, 1.54) is 0 Å². The minimum absolute atomic E-state index is 0.0361. The molecule has 0 radical (unpaired) electrons. The van der Waals surface area contributed by atoms with Crippen LogP contribution in [0, 0.1) is 6.92 Å². The van der Waals surface area contributed by atoms with Crippen LogP contribution >= 0.6 is 0 Å². The van der Waals surface area contributed by atoms with Crippen LogP contribution in [0.5, 0.6) is 0 Å². The van der Waals surface area contributed by atoms with E-state index >= 15 is 0 Å². The number of rotatable bonds is 9. The van der Waals surface area contributed by atoms with Crippen molar-refractivity contribution >= 4 is 15.7 Å². The second-order valence-corrected chi connectivity index (χ2v) is 11.4. The van der Waals surface area contributed by atoms with Crippen LogP contribution in [0.15, 0.2) is 66.0 Å². The fourth-order valence-corrected chi connectivity index (χ4v) is 6.10. The number of hydrogen-bond donors (Lipinski definition) is 0. The molecular formula is C27H31N3O4S. The molecule has 1 atom stereocenters. The van der Waals surface area contributed by atoms with E-state index in [0.29, 0.717) is 25.3 Å². The zero-order valence-corrected chi connectivity index (χ0v) is 20.8. The number of aryl methyl sites for hydroxylation is 1. The molecule has 0 N–H and O–H groups in total. The summed E-state index contributed by atoms with van der Waals surface area (Å²) in [6, 6.07) is 16.9. The molecule has 2 aliphatic rings. The summed E-state index contributed by atoms with van der Waals surface area (Å²) in [5, 5.41) is 0.0467. The van der Waals surface area contributed by atoms with E-state index in [0.717, 1.165) is 42.5 Å². The molecule has 1 saturated carbocycles. The van der Waals surface area contributed by atoms with Crippen molar-refractivity contribution in [2.45, 2.75) is 68.8 Å². The molecule has 8 heteroatoms. The highest BCUT2D eigenvalue weighted by atomic mass is 32.2. The van der Waals surface area contributed by atoms with Crippen LogP contribution in [0.2, 0.25) is 0 Å². The molecule has 35 heavy (non-hydrogen) atoms. The van der Waals surface area contributed by atoms with Crippen LogP contribution in [0.3, 0.4) is 0 Å². The number of nitrogens with zero attached hydrogens (tertiary/aromatic N) is 3. The van der Waals surface area contributed by atoms with Gasteiger partial charge in [0.2, 0.25) is 15.0 Å². The molecule has 1 saturated heterocycles. The van der Waals surface area contributed by atoms with Gasteiger partial charge < -0.3 is 14.2 Å². The Morgan fingerprint density at radius 2 is 1.83 bits per heavy atom. The number of aromatic nitrogens is 2. The molecule has 2 aromatic carbocycles. The van der Waals surface area contributed by atoms with Crippen LogP contribution in [-0.4, -0.2) is 47.5 Å². The average Bonchev–Trinajstić information content (AvgIpc) is 3.40. The van der Waals surface area contributed by atoms with E-state index in [1.54, 1.807) is 22.9 Å². The van der Waals surface area contributed by atoms with E-state index in [2.05, 4.69) is 4.98 Å².